The summed E-state index contributed by atoms with van der Waals surface area (Å²) in [5.41, 5.74) is 5.52. The van der Waals surface area contributed by atoms with Crippen LogP contribution in [0.15, 0.2) is 0 Å². The van der Waals surface area contributed by atoms with Gasteiger partial charge < -0.3 is 16.2 Å². The van der Waals surface area contributed by atoms with Crippen molar-refractivity contribution in [1.82, 2.24) is 5.32 Å². The second kappa shape index (κ2) is 6.02. The number of carbonyl (C=O) groups excluding carboxylic acids is 1. The van der Waals surface area contributed by atoms with E-state index in [-0.39, 0.29) is 11.9 Å². The Morgan fingerprint density at radius 1 is 1.06 bits per heavy atom. The van der Waals surface area contributed by atoms with Crippen LogP contribution in [0.4, 0.5) is 0 Å². The van der Waals surface area contributed by atoms with Crippen LogP contribution >= 0.6 is 0 Å². The van der Waals surface area contributed by atoms with E-state index in [1.54, 1.807) is 0 Å². The Morgan fingerprint density at radius 3 is 2.39 bits per heavy atom. The lowest BCUT2D eigenvalue weighted by atomic mass is 9.81. The van der Waals surface area contributed by atoms with Crippen molar-refractivity contribution < 1.29 is 9.90 Å². The topological polar surface area (TPSA) is 75.4 Å². The quantitative estimate of drug-likeness (QED) is 0.653. The summed E-state index contributed by atoms with van der Waals surface area (Å²) in [5.74, 6) is -0.0480. The second-order valence-corrected chi connectivity index (χ2v) is 6.00. The number of rotatable bonds is 2. The van der Waals surface area contributed by atoms with Crippen molar-refractivity contribution in [1.29, 1.82) is 0 Å². The maximum atomic E-state index is 12.3. The van der Waals surface area contributed by atoms with Gasteiger partial charge in [0.15, 0.2) is 0 Å². The third-order valence-electron chi connectivity index (χ3n) is 4.49. The Morgan fingerprint density at radius 2 is 1.67 bits per heavy atom. The number of carbonyl (C=O) groups is 1. The molecule has 4 heteroatoms. The molecule has 0 spiro atoms. The van der Waals surface area contributed by atoms with E-state index in [9.17, 15) is 9.90 Å². The average Bonchev–Trinajstić information content (AvgIpc) is 2.56. The van der Waals surface area contributed by atoms with Crippen LogP contribution in [0.1, 0.15) is 64.2 Å². The van der Waals surface area contributed by atoms with E-state index in [0.29, 0.717) is 0 Å². The molecular weight excluding hydrogens is 228 g/mol. The van der Waals surface area contributed by atoms with E-state index in [1.807, 2.05) is 0 Å². The lowest BCUT2D eigenvalue weighted by Crippen LogP contribution is -2.58. The van der Waals surface area contributed by atoms with Crippen LogP contribution in [0.2, 0.25) is 0 Å². The third kappa shape index (κ3) is 3.23. The molecule has 2 unspecified atom stereocenters. The lowest BCUT2D eigenvalue weighted by Gasteiger charge is -2.34. The summed E-state index contributed by atoms with van der Waals surface area (Å²) < 4.78 is 0. The van der Waals surface area contributed by atoms with Crippen LogP contribution in [-0.4, -0.2) is 28.7 Å². The van der Waals surface area contributed by atoms with Crippen molar-refractivity contribution in [3.05, 3.63) is 0 Å². The van der Waals surface area contributed by atoms with Crippen molar-refractivity contribution in [2.24, 2.45) is 5.73 Å². The van der Waals surface area contributed by atoms with E-state index in [0.717, 1.165) is 57.8 Å². The van der Waals surface area contributed by atoms with Crippen LogP contribution < -0.4 is 11.1 Å². The van der Waals surface area contributed by atoms with Gasteiger partial charge in [0, 0.05) is 0 Å². The molecule has 2 aliphatic rings. The zero-order valence-electron chi connectivity index (χ0n) is 11.2. The van der Waals surface area contributed by atoms with Crippen molar-refractivity contribution >= 4 is 5.91 Å². The van der Waals surface area contributed by atoms with Crippen molar-refractivity contribution in [3.8, 4) is 0 Å². The van der Waals surface area contributed by atoms with Gasteiger partial charge in [0.1, 0.15) is 0 Å². The molecule has 2 atom stereocenters. The van der Waals surface area contributed by atoms with Gasteiger partial charge in [0.05, 0.1) is 17.7 Å². The molecule has 4 N–H and O–H groups in total. The summed E-state index contributed by atoms with van der Waals surface area (Å²) in [4.78, 5) is 12.3. The molecule has 4 nitrogen and oxygen atoms in total. The molecule has 0 aromatic heterocycles. The van der Waals surface area contributed by atoms with Crippen LogP contribution in [0.5, 0.6) is 0 Å². The minimum absolute atomic E-state index is 0.0480. The summed E-state index contributed by atoms with van der Waals surface area (Å²) in [6, 6.07) is -0.0950. The van der Waals surface area contributed by atoms with Gasteiger partial charge in [-0.1, -0.05) is 38.5 Å². The van der Waals surface area contributed by atoms with Crippen LogP contribution in [0, 0.1) is 0 Å². The number of nitrogens with one attached hydrogen (secondary N) is 1. The maximum absolute atomic E-state index is 12.3. The number of aliphatic hydroxyl groups is 1. The Balaban J connectivity index is 1.92. The van der Waals surface area contributed by atoms with Crippen LogP contribution in [0.3, 0.4) is 0 Å². The molecule has 2 aliphatic carbocycles. The molecule has 2 saturated carbocycles. The van der Waals surface area contributed by atoms with Gasteiger partial charge in [0.2, 0.25) is 5.91 Å². The predicted octanol–water partition coefficient (Wildman–Crippen LogP) is 1.46. The number of hydrogen-bond acceptors (Lipinski definition) is 3. The lowest BCUT2D eigenvalue weighted by molar-refractivity contribution is -0.129. The number of amides is 1. The molecule has 0 aromatic rings. The van der Waals surface area contributed by atoms with Gasteiger partial charge in [-0.05, 0) is 25.7 Å². The van der Waals surface area contributed by atoms with Gasteiger partial charge in [-0.3, -0.25) is 4.79 Å². The Hall–Kier alpha value is -0.610. The fourth-order valence-corrected chi connectivity index (χ4v) is 3.18. The average molecular weight is 254 g/mol. The van der Waals surface area contributed by atoms with Gasteiger partial charge in [0.25, 0.3) is 0 Å². The van der Waals surface area contributed by atoms with Crippen LogP contribution in [0.25, 0.3) is 0 Å². The maximum Gasteiger partial charge on any atom is 0.240 e. The molecule has 0 radical (unpaired) electrons. The second-order valence-electron chi connectivity index (χ2n) is 6.00. The SMILES string of the molecule is NC1(C(=O)NC2CCCCCC2O)CCCCC1. The zero-order valence-corrected chi connectivity index (χ0v) is 11.2. The summed E-state index contributed by atoms with van der Waals surface area (Å²) in [5, 5.41) is 13.0. The van der Waals surface area contributed by atoms with Crippen molar-refractivity contribution in [3.63, 3.8) is 0 Å². The van der Waals surface area contributed by atoms with Gasteiger partial charge >= 0.3 is 0 Å². The monoisotopic (exact) mass is 254 g/mol. The number of aliphatic hydroxyl groups excluding tert-OH is 1. The number of hydrogen-bond donors (Lipinski definition) is 3. The normalized spacial score (nSPS) is 32.6. The zero-order chi connectivity index (χ0) is 13.0. The van der Waals surface area contributed by atoms with E-state index in [4.69, 9.17) is 5.73 Å². The molecule has 0 heterocycles. The highest BCUT2D eigenvalue weighted by Crippen LogP contribution is 2.27. The highest BCUT2D eigenvalue weighted by molar-refractivity contribution is 5.86. The first kappa shape index (κ1) is 13.8. The molecule has 104 valence electrons. The first-order valence-electron chi connectivity index (χ1n) is 7.40. The van der Waals surface area contributed by atoms with Gasteiger partial charge in [-0.15, -0.1) is 0 Å². The fourth-order valence-electron chi connectivity index (χ4n) is 3.18. The molecule has 0 bridgehead atoms. The first-order valence-corrected chi connectivity index (χ1v) is 7.40. The van der Waals surface area contributed by atoms with Crippen molar-refractivity contribution in [2.75, 3.05) is 0 Å². The van der Waals surface area contributed by atoms with E-state index < -0.39 is 11.6 Å². The Labute approximate surface area is 109 Å². The molecule has 0 saturated heterocycles. The predicted molar refractivity (Wildman–Crippen MR) is 71.0 cm³/mol. The van der Waals surface area contributed by atoms with Gasteiger partial charge in [-0.25, -0.2) is 0 Å². The van der Waals surface area contributed by atoms with E-state index >= 15 is 0 Å². The molecule has 2 rings (SSSR count). The first-order chi connectivity index (χ1) is 8.62. The van der Waals surface area contributed by atoms with E-state index in [1.165, 1.54) is 6.42 Å². The van der Waals surface area contributed by atoms with Crippen LogP contribution in [-0.2, 0) is 4.79 Å². The largest absolute Gasteiger partial charge is 0.391 e. The Kier molecular flexibility index (Phi) is 4.62. The molecule has 2 fully saturated rings. The molecule has 1 amide bonds. The summed E-state index contributed by atoms with van der Waals surface area (Å²) in [7, 11) is 0. The minimum atomic E-state index is -0.690. The summed E-state index contributed by atoms with van der Waals surface area (Å²) in [6.07, 6.45) is 9.38. The highest BCUT2D eigenvalue weighted by atomic mass is 16.3. The van der Waals surface area contributed by atoms with Crippen molar-refractivity contribution in [2.45, 2.75) is 81.9 Å². The number of nitrogens with two attached hydrogens (primary N) is 1. The van der Waals surface area contributed by atoms with Gasteiger partial charge in [-0.2, -0.15) is 0 Å². The smallest absolute Gasteiger partial charge is 0.240 e. The highest BCUT2D eigenvalue weighted by Gasteiger charge is 2.37. The summed E-state index contributed by atoms with van der Waals surface area (Å²) in [6.45, 7) is 0. The molecular formula is C14H26N2O2. The Bertz CT molecular complexity index is 288. The van der Waals surface area contributed by atoms with E-state index in [2.05, 4.69) is 5.32 Å². The fraction of sp³-hybridized carbons (Fsp3) is 0.929. The molecule has 0 aromatic carbocycles. The molecule has 18 heavy (non-hydrogen) atoms. The summed E-state index contributed by atoms with van der Waals surface area (Å²) >= 11 is 0. The third-order valence-corrected chi connectivity index (χ3v) is 4.49. The standard InChI is InChI=1S/C14H26N2O2/c15-14(9-5-2-6-10-14)13(18)16-11-7-3-1-4-8-12(11)17/h11-12,17H,1-10,15H2,(H,16,18). The minimum Gasteiger partial charge on any atom is -0.391 e. The molecule has 0 aliphatic heterocycles.